The molecule has 94 valence electrons. The monoisotopic (exact) mass is 241 g/mol. The number of ether oxygens (including phenoxy) is 1. The van der Waals surface area contributed by atoms with Gasteiger partial charge in [-0.2, -0.15) is 0 Å². The molecule has 0 atom stereocenters. The van der Waals surface area contributed by atoms with Gasteiger partial charge in [-0.15, -0.1) is 0 Å². The Morgan fingerprint density at radius 2 is 1.67 bits per heavy atom. The van der Waals surface area contributed by atoms with Crippen LogP contribution in [0.2, 0.25) is 0 Å². The molecular weight excluding hydrogens is 222 g/mol. The summed E-state index contributed by atoms with van der Waals surface area (Å²) in [5, 5.41) is 0. The fourth-order valence-corrected chi connectivity index (χ4v) is 1.74. The molecule has 2 heteroatoms. The molecular formula is C16H19NO. The maximum absolute atomic E-state index is 5.70. The Bertz CT molecular complexity index is 483. The van der Waals surface area contributed by atoms with Crippen molar-refractivity contribution in [2.75, 3.05) is 0 Å². The third-order valence-corrected chi connectivity index (χ3v) is 2.49. The molecule has 0 bridgehead atoms. The Morgan fingerprint density at radius 3 is 2.22 bits per heavy atom. The first kappa shape index (κ1) is 12.6. The summed E-state index contributed by atoms with van der Waals surface area (Å²) < 4.78 is 5.70. The lowest BCUT2D eigenvalue weighted by Crippen LogP contribution is -2.10. The average Bonchev–Trinajstić information content (AvgIpc) is 2.31. The van der Waals surface area contributed by atoms with Crippen molar-refractivity contribution in [2.45, 2.75) is 27.2 Å². The molecule has 18 heavy (non-hydrogen) atoms. The summed E-state index contributed by atoms with van der Waals surface area (Å²) in [6.07, 6.45) is 2.76. The fraction of sp³-hybridized carbons (Fsp3) is 0.312. The van der Waals surface area contributed by atoms with Gasteiger partial charge in [0.15, 0.2) is 0 Å². The third-order valence-electron chi connectivity index (χ3n) is 2.49. The van der Waals surface area contributed by atoms with Crippen molar-refractivity contribution in [1.82, 2.24) is 4.98 Å². The molecule has 0 spiro atoms. The van der Waals surface area contributed by atoms with Gasteiger partial charge in [0.1, 0.15) is 11.5 Å². The number of nitrogens with zero attached hydrogens (tertiary/aromatic N) is 1. The molecule has 0 N–H and O–H groups in total. The van der Waals surface area contributed by atoms with Crippen LogP contribution in [0.1, 0.15) is 26.5 Å². The van der Waals surface area contributed by atoms with E-state index in [0.717, 1.165) is 23.6 Å². The molecule has 0 amide bonds. The van der Waals surface area contributed by atoms with E-state index in [2.05, 4.69) is 25.8 Å². The molecule has 0 radical (unpaired) electrons. The van der Waals surface area contributed by atoms with Crippen molar-refractivity contribution in [2.24, 2.45) is 5.41 Å². The highest BCUT2D eigenvalue weighted by Crippen LogP contribution is 2.23. The van der Waals surface area contributed by atoms with Gasteiger partial charge in [0.05, 0.1) is 6.20 Å². The Hall–Kier alpha value is -1.83. The van der Waals surface area contributed by atoms with Gasteiger partial charge >= 0.3 is 0 Å². The summed E-state index contributed by atoms with van der Waals surface area (Å²) in [7, 11) is 0. The van der Waals surface area contributed by atoms with Crippen LogP contribution in [0.25, 0.3) is 0 Å². The summed E-state index contributed by atoms with van der Waals surface area (Å²) in [6.45, 7) is 6.63. The van der Waals surface area contributed by atoms with Crippen LogP contribution in [0.4, 0.5) is 0 Å². The minimum absolute atomic E-state index is 0.259. The van der Waals surface area contributed by atoms with E-state index in [-0.39, 0.29) is 5.41 Å². The van der Waals surface area contributed by atoms with Crippen molar-refractivity contribution < 1.29 is 4.74 Å². The Balaban J connectivity index is 2.04. The second-order valence-electron chi connectivity index (χ2n) is 5.64. The molecule has 2 nitrogen and oxygen atoms in total. The number of pyridine rings is 1. The highest BCUT2D eigenvalue weighted by Gasteiger charge is 2.12. The van der Waals surface area contributed by atoms with Crippen LogP contribution < -0.4 is 4.74 Å². The molecule has 0 aliphatic rings. The predicted octanol–water partition coefficient (Wildman–Crippen LogP) is 4.46. The highest BCUT2D eigenvalue weighted by molar-refractivity contribution is 5.29. The van der Waals surface area contributed by atoms with Crippen molar-refractivity contribution in [3.63, 3.8) is 0 Å². The quantitative estimate of drug-likeness (QED) is 0.791. The predicted molar refractivity (Wildman–Crippen MR) is 73.9 cm³/mol. The Morgan fingerprint density at radius 1 is 0.944 bits per heavy atom. The van der Waals surface area contributed by atoms with Crippen LogP contribution in [-0.4, -0.2) is 4.98 Å². The van der Waals surface area contributed by atoms with Gasteiger partial charge in [-0.25, -0.2) is 0 Å². The van der Waals surface area contributed by atoms with Crippen molar-refractivity contribution >= 4 is 0 Å². The molecule has 0 unspecified atom stereocenters. The average molecular weight is 241 g/mol. The van der Waals surface area contributed by atoms with Gasteiger partial charge in [0.25, 0.3) is 0 Å². The molecule has 0 fully saturated rings. The largest absolute Gasteiger partial charge is 0.456 e. The molecule has 2 rings (SSSR count). The molecule has 0 aliphatic carbocycles. The smallest absolute Gasteiger partial charge is 0.145 e. The highest BCUT2D eigenvalue weighted by atomic mass is 16.5. The van der Waals surface area contributed by atoms with E-state index in [9.17, 15) is 0 Å². The summed E-state index contributed by atoms with van der Waals surface area (Å²) in [4.78, 5) is 4.44. The zero-order chi connectivity index (χ0) is 13.0. The molecule has 1 aromatic carbocycles. The maximum atomic E-state index is 5.70. The molecule has 0 saturated heterocycles. The van der Waals surface area contributed by atoms with Gasteiger partial charge in [-0.3, -0.25) is 4.98 Å². The van der Waals surface area contributed by atoms with Gasteiger partial charge in [-0.1, -0.05) is 39.0 Å². The van der Waals surface area contributed by atoms with E-state index < -0.39 is 0 Å². The minimum Gasteiger partial charge on any atom is -0.456 e. The fourth-order valence-electron chi connectivity index (χ4n) is 1.74. The van der Waals surface area contributed by atoms with Crippen LogP contribution in [0.3, 0.4) is 0 Å². The topological polar surface area (TPSA) is 22.1 Å². The number of rotatable bonds is 3. The summed E-state index contributed by atoms with van der Waals surface area (Å²) >= 11 is 0. The second-order valence-corrected chi connectivity index (χ2v) is 5.64. The van der Waals surface area contributed by atoms with Crippen LogP contribution in [0.15, 0.2) is 48.7 Å². The maximum Gasteiger partial charge on any atom is 0.145 e. The summed E-state index contributed by atoms with van der Waals surface area (Å²) in [6, 6.07) is 13.8. The van der Waals surface area contributed by atoms with Gasteiger partial charge in [0.2, 0.25) is 0 Å². The van der Waals surface area contributed by atoms with Crippen molar-refractivity contribution in [3.8, 4) is 11.5 Å². The van der Waals surface area contributed by atoms with E-state index in [4.69, 9.17) is 4.74 Å². The van der Waals surface area contributed by atoms with E-state index in [1.165, 1.54) is 0 Å². The standard InChI is InChI=1S/C16H19NO/c1-16(2,3)11-13-9-10-15(12-17-13)18-14-7-5-4-6-8-14/h4-10,12H,11H2,1-3H3. The van der Waals surface area contributed by atoms with Gasteiger partial charge in [-0.05, 0) is 36.1 Å². The first-order valence-corrected chi connectivity index (χ1v) is 6.21. The van der Waals surface area contributed by atoms with Gasteiger partial charge in [0, 0.05) is 5.69 Å². The normalized spacial score (nSPS) is 11.3. The molecule has 2 aromatic rings. The Labute approximate surface area is 109 Å². The summed E-state index contributed by atoms with van der Waals surface area (Å²) in [5.74, 6) is 1.61. The zero-order valence-electron chi connectivity index (χ0n) is 11.2. The number of aromatic nitrogens is 1. The molecule has 1 heterocycles. The van der Waals surface area contributed by atoms with E-state index in [1.54, 1.807) is 6.20 Å². The molecule has 0 aliphatic heterocycles. The van der Waals surface area contributed by atoms with Crippen molar-refractivity contribution in [1.29, 1.82) is 0 Å². The lowest BCUT2D eigenvalue weighted by molar-refractivity contribution is 0.405. The number of hydrogen-bond acceptors (Lipinski definition) is 2. The molecule has 0 saturated carbocycles. The van der Waals surface area contributed by atoms with Crippen LogP contribution in [-0.2, 0) is 6.42 Å². The number of hydrogen-bond donors (Lipinski definition) is 0. The first-order chi connectivity index (χ1) is 8.53. The lowest BCUT2D eigenvalue weighted by atomic mass is 9.90. The van der Waals surface area contributed by atoms with Crippen LogP contribution in [0, 0.1) is 5.41 Å². The second kappa shape index (κ2) is 5.21. The third kappa shape index (κ3) is 3.88. The first-order valence-electron chi connectivity index (χ1n) is 6.21. The van der Waals surface area contributed by atoms with Crippen LogP contribution >= 0.6 is 0 Å². The number of para-hydroxylation sites is 1. The van der Waals surface area contributed by atoms with Crippen molar-refractivity contribution in [3.05, 3.63) is 54.4 Å². The SMILES string of the molecule is CC(C)(C)Cc1ccc(Oc2ccccc2)cn1. The Kier molecular flexibility index (Phi) is 3.66. The van der Waals surface area contributed by atoms with E-state index in [0.29, 0.717) is 0 Å². The lowest BCUT2D eigenvalue weighted by Gasteiger charge is -2.17. The minimum atomic E-state index is 0.259. The summed E-state index contributed by atoms with van der Waals surface area (Å²) in [5.41, 5.74) is 1.36. The van der Waals surface area contributed by atoms with E-state index >= 15 is 0 Å². The van der Waals surface area contributed by atoms with Crippen LogP contribution in [0.5, 0.6) is 11.5 Å². The number of benzene rings is 1. The molecule has 1 aromatic heterocycles. The zero-order valence-corrected chi connectivity index (χ0v) is 11.2. The van der Waals surface area contributed by atoms with E-state index in [1.807, 2.05) is 42.5 Å². The van der Waals surface area contributed by atoms with Gasteiger partial charge < -0.3 is 4.74 Å².